The molecule has 1 heterocycles. The van der Waals surface area contributed by atoms with Gasteiger partial charge in [-0.25, -0.2) is 0 Å². The third-order valence-electron chi connectivity index (χ3n) is 4.45. The molecule has 1 atom stereocenters. The second-order valence-electron chi connectivity index (χ2n) is 6.41. The summed E-state index contributed by atoms with van der Waals surface area (Å²) in [6, 6.07) is 1.68. The summed E-state index contributed by atoms with van der Waals surface area (Å²) in [6.07, 6.45) is 9.96. The standard InChI is InChI=1S/C15H30N2/c1-13(2)9-11-17(15-7-3-4-8-15)12-14-6-5-10-16-14/h13-16H,3-12H2,1-2H3. The maximum atomic E-state index is 3.66. The Morgan fingerprint density at radius 2 is 1.88 bits per heavy atom. The molecule has 2 fully saturated rings. The highest BCUT2D eigenvalue weighted by atomic mass is 15.2. The van der Waals surface area contributed by atoms with Crippen molar-refractivity contribution in [1.82, 2.24) is 10.2 Å². The number of rotatable bonds is 6. The predicted octanol–water partition coefficient (Wildman–Crippen LogP) is 3.03. The van der Waals surface area contributed by atoms with Gasteiger partial charge in [-0.1, -0.05) is 26.7 Å². The molecule has 1 saturated carbocycles. The van der Waals surface area contributed by atoms with Crippen molar-refractivity contribution in [2.75, 3.05) is 19.6 Å². The first kappa shape index (κ1) is 13.4. The average Bonchev–Trinajstić information content (AvgIpc) is 2.96. The monoisotopic (exact) mass is 238 g/mol. The molecule has 100 valence electrons. The van der Waals surface area contributed by atoms with Gasteiger partial charge in [0.1, 0.15) is 0 Å². The van der Waals surface area contributed by atoms with E-state index in [9.17, 15) is 0 Å². The van der Waals surface area contributed by atoms with E-state index < -0.39 is 0 Å². The smallest absolute Gasteiger partial charge is 0.0195 e. The second kappa shape index (κ2) is 6.75. The molecular weight excluding hydrogens is 208 g/mol. The van der Waals surface area contributed by atoms with Gasteiger partial charge in [0, 0.05) is 18.6 Å². The van der Waals surface area contributed by atoms with Crippen LogP contribution in [0.2, 0.25) is 0 Å². The molecule has 0 aromatic carbocycles. The van der Waals surface area contributed by atoms with Crippen molar-refractivity contribution < 1.29 is 0 Å². The van der Waals surface area contributed by atoms with Crippen LogP contribution in [0.4, 0.5) is 0 Å². The number of nitrogens with one attached hydrogen (secondary N) is 1. The van der Waals surface area contributed by atoms with Crippen LogP contribution in [0.1, 0.15) is 58.8 Å². The summed E-state index contributed by atoms with van der Waals surface area (Å²) in [6.45, 7) is 8.56. The first-order valence-electron chi connectivity index (χ1n) is 7.73. The largest absolute Gasteiger partial charge is 0.313 e. The van der Waals surface area contributed by atoms with Gasteiger partial charge in [-0.3, -0.25) is 4.90 Å². The Balaban J connectivity index is 1.81. The molecule has 0 radical (unpaired) electrons. The van der Waals surface area contributed by atoms with E-state index in [1.54, 1.807) is 0 Å². The van der Waals surface area contributed by atoms with Crippen molar-refractivity contribution in [2.45, 2.75) is 70.9 Å². The summed E-state index contributed by atoms with van der Waals surface area (Å²) in [5.41, 5.74) is 0. The van der Waals surface area contributed by atoms with Gasteiger partial charge < -0.3 is 5.32 Å². The molecule has 17 heavy (non-hydrogen) atoms. The summed E-state index contributed by atoms with van der Waals surface area (Å²) in [7, 11) is 0. The van der Waals surface area contributed by atoms with Crippen LogP contribution in [0.3, 0.4) is 0 Å². The van der Waals surface area contributed by atoms with E-state index in [1.165, 1.54) is 64.6 Å². The maximum absolute atomic E-state index is 3.66. The minimum Gasteiger partial charge on any atom is -0.313 e. The molecule has 1 saturated heterocycles. The minimum atomic E-state index is 0.780. The molecule has 1 N–H and O–H groups in total. The molecule has 2 rings (SSSR count). The van der Waals surface area contributed by atoms with Crippen LogP contribution < -0.4 is 5.32 Å². The lowest BCUT2D eigenvalue weighted by Crippen LogP contribution is -2.43. The fraction of sp³-hybridized carbons (Fsp3) is 1.00. The van der Waals surface area contributed by atoms with Crippen molar-refractivity contribution in [3.8, 4) is 0 Å². The Morgan fingerprint density at radius 3 is 2.47 bits per heavy atom. The van der Waals surface area contributed by atoms with Crippen LogP contribution in [0.25, 0.3) is 0 Å². The maximum Gasteiger partial charge on any atom is 0.0195 e. The highest BCUT2D eigenvalue weighted by Crippen LogP contribution is 2.25. The Kier molecular flexibility index (Phi) is 5.30. The molecule has 2 nitrogen and oxygen atoms in total. The topological polar surface area (TPSA) is 15.3 Å². The van der Waals surface area contributed by atoms with Crippen molar-refractivity contribution in [3.05, 3.63) is 0 Å². The van der Waals surface area contributed by atoms with Crippen LogP contribution in [0, 0.1) is 5.92 Å². The van der Waals surface area contributed by atoms with Gasteiger partial charge in [-0.2, -0.15) is 0 Å². The van der Waals surface area contributed by atoms with E-state index in [0.717, 1.165) is 18.0 Å². The van der Waals surface area contributed by atoms with Gasteiger partial charge in [-0.15, -0.1) is 0 Å². The Hall–Kier alpha value is -0.0800. The zero-order valence-corrected chi connectivity index (χ0v) is 11.8. The minimum absolute atomic E-state index is 0.780. The number of hydrogen-bond acceptors (Lipinski definition) is 2. The van der Waals surface area contributed by atoms with E-state index in [-0.39, 0.29) is 0 Å². The van der Waals surface area contributed by atoms with Crippen molar-refractivity contribution in [2.24, 2.45) is 5.92 Å². The third-order valence-corrected chi connectivity index (χ3v) is 4.45. The van der Waals surface area contributed by atoms with Crippen LogP contribution in [0.5, 0.6) is 0 Å². The molecule has 1 aliphatic heterocycles. The molecule has 2 heteroatoms. The van der Waals surface area contributed by atoms with Gasteiger partial charge in [0.25, 0.3) is 0 Å². The Bertz CT molecular complexity index is 203. The molecule has 0 bridgehead atoms. The van der Waals surface area contributed by atoms with Gasteiger partial charge in [0.05, 0.1) is 0 Å². The van der Waals surface area contributed by atoms with Gasteiger partial charge in [0.2, 0.25) is 0 Å². The summed E-state index contributed by atoms with van der Waals surface area (Å²) >= 11 is 0. The van der Waals surface area contributed by atoms with E-state index in [2.05, 4.69) is 24.1 Å². The highest BCUT2D eigenvalue weighted by molar-refractivity contribution is 4.84. The lowest BCUT2D eigenvalue weighted by atomic mass is 10.1. The molecular formula is C15H30N2. The van der Waals surface area contributed by atoms with Crippen LogP contribution >= 0.6 is 0 Å². The summed E-state index contributed by atoms with van der Waals surface area (Å²) in [5, 5.41) is 3.66. The number of hydrogen-bond donors (Lipinski definition) is 1. The fourth-order valence-electron chi connectivity index (χ4n) is 3.31. The summed E-state index contributed by atoms with van der Waals surface area (Å²) in [4.78, 5) is 2.80. The third kappa shape index (κ3) is 4.26. The quantitative estimate of drug-likeness (QED) is 0.765. The van der Waals surface area contributed by atoms with Crippen LogP contribution in [-0.2, 0) is 0 Å². The first-order valence-corrected chi connectivity index (χ1v) is 7.73. The molecule has 0 amide bonds. The molecule has 1 aliphatic carbocycles. The van der Waals surface area contributed by atoms with Crippen molar-refractivity contribution >= 4 is 0 Å². The lowest BCUT2D eigenvalue weighted by molar-refractivity contribution is 0.172. The van der Waals surface area contributed by atoms with Gasteiger partial charge in [-0.05, 0) is 51.1 Å². The average molecular weight is 238 g/mol. The Labute approximate surface area is 107 Å². The lowest BCUT2D eigenvalue weighted by Gasteiger charge is -2.31. The first-order chi connectivity index (χ1) is 8.25. The van der Waals surface area contributed by atoms with Gasteiger partial charge in [0.15, 0.2) is 0 Å². The van der Waals surface area contributed by atoms with Crippen molar-refractivity contribution in [1.29, 1.82) is 0 Å². The predicted molar refractivity (Wildman–Crippen MR) is 74.3 cm³/mol. The molecule has 0 aromatic rings. The second-order valence-corrected chi connectivity index (χ2v) is 6.41. The number of nitrogens with zero attached hydrogens (tertiary/aromatic N) is 1. The SMILES string of the molecule is CC(C)CCN(CC1CCCN1)C1CCCC1. The van der Waals surface area contributed by atoms with Gasteiger partial charge >= 0.3 is 0 Å². The summed E-state index contributed by atoms with van der Waals surface area (Å²) < 4.78 is 0. The van der Waals surface area contributed by atoms with Crippen LogP contribution in [-0.4, -0.2) is 36.6 Å². The molecule has 0 spiro atoms. The van der Waals surface area contributed by atoms with Crippen LogP contribution in [0.15, 0.2) is 0 Å². The van der Waals surface area contributed by atoms with E-state index in [0.29, 0.717) is 0 Å². The molecule has 0 aromatic heterocycles. The van der Waals surface area contributed by atoms with Crippen molar-refractivity contribution in [3.63, 3.8) is 0 Å². The van der Waals surface area contributed by atoms with E-state index in [1.807, 2.05) is 0 Å². The van der Waals surface area contributed by atoms with E-state index in [4.69, 9.17) is 0 Å². The zero-order valence-electron chi connectivity index (χ0n) is 11.8. The molecule has 1 unspecified atom stereocenters. The molecule has 2 aliphatic rings. The Morgan fingerprint density at radius 1 is 1.12 bits per heavy atom. The van der Waals surface area contributed by atoms with E-state index >= 15 is 0 Å². The highest BCUT2D eigenvalue weighted by Gasteiger charge is 2.25. The normalized spacial score (nSPS) is 26.5. The zero-order chi connectivity index (χ0) is 12.1. The summed E-state index contributed by atoms with van der Waals surface area (Å²) in [5.74, 6) is 0.843. The fourth-order valence-corrected chi connectivity index (χ4v) is 3.31.